The molecule has 2 aromatic heterocycles. The van der Waals surface area contributed by atoms with Crippen LogP contribution in [-0.4, -0.2) is 45.4 Å². The van der Waals surface area contributed by atoms with Gasteiger partial charge in [-0.05, 0) is 31.5 Å². The smallest absolute Gasteiger partial charge is 0.240 e. The fourth-order valence-electron chi connectivity index (χ4n) is 3.58. The first-order chi connectivity index (χ1) is 13.7. The number of nitrogens with one attached hydrogen (secondary N) is 1. The van der Waals surface area contributed by atoms with Gasteiger partial charge in [0.05, 0.1) is 17.9 Å². The number of piperidine rings is 1. The normalized spacial score (nSPS) is 17.4. The second-order valence-electron chi connectivity index (χ2n) is 6.76. The average molecular weight is 397 g/mol. The van der Waals surface area contributed by atoms with E-state index in [4.69, 9.17) is 0 Å². The van der Waals surface area contributed by atoms with Crippen molar-refractivity contribution in [3.05, 3.63) is 59.7 Å². The molecule has 1 aromatic carbocycles. The topological polar surface area (TPSA) is 71.0 Å². The molecule has 1 aliphatic rings. The number of rotatable bonds is 5. The maximum Gasteiger partial charge on any atom is 0.240 e. The molecular formula is C20H20FN5OS. The van der Waals surface area contributed by atoms with Crippen molar-refractivity contribution in [3.63, 3.8) is 0 Å². The molecule has 8 heteroatoms. The van der Waals surface area contributed by atoms with Crippen molar-refractivity contribution in [2.45, 2.75) is 18.8 Å². The Labute approximate surface area is 166 Å². The fourth-order valence-corrected chi connectivity index (χ4v) is 4.12. The molecule has 6 nitrogen and oxygen atoms in total. The maximum absolute atomic E-state index is 13.7. The summed E-state index contributed by atoms with van der Waals surface area (Å²) in [5, 5.41) is 5.26. The van der Waals surface area contributed by atoms with Gasteiger partial charge in [-0.25, -0.2) is 9.37 Å². The van der Waals surface area contributed by atoms with Gasteiger partial charge >= 0.3 is 0 Å². The van der Waals surface area contributed by atoms with E-state index in [9.17, 15) is 9.18 Å². The highest BCUT2D eigenvalue weighted by Gasteiger charge is 2.26. The number of anilines is 1. The van der Waals surface area contributed by atoms with Crippen molar-refractivity contribution in [1.82, 2.24) is 19.9 Å². The summed E-state index contributed by atoms with van der Waals surface area (Å²) >= 11 is 1.40. The predicted octanol–water partition coefficient (Wildman–Crippen LogP) is 3.56. The van der Waals surface area contributed by atoms with Crippen molar-refractivity contribution in [2.75, 3.05) is 25.0 Å². The first-order valence-corrected chi connectivity index (χ1v) is 10.1. The van der Waals surface area contributed by atoms with Gasteiger partial charge in [0.15, 0.2) is 5.13 Å². The van der Waals surface area contributed by atoms with Crippen LogP contribution in [-0.2, 0) is 4.79 Å². The van der Waals surface area contributed by atoms with Gasteiger partial charge in [0.2, 0.25) is 5.91 Å². The van der Waals surface area contributed by atoms with Crippen LogP contribution in [0.2, 0.25) is 0 Å². The lowest BCUT2D eigenvalue weighted by Gasteiger charge is -2.32. The van der Waals surface area contributed by atoms with Gasteiger partial charge in [-0.1, -0.05) is 12.1 Å². The summed E-state index contributed by atoms with van der Waals surface area (Å²) in [6, 6.07) is 6.43. The zero-order chi connectivity index (χ0) is 19.3. The second kappa shape index (κ2) is 8.53. The number of hydrogen-bond donors (Lipinski definition) is 1. The molecule has 4 rings (SSSR count). The van der Waals surface area contributed by atoms with E-state index in [2.05, 4.69) is 25.2 Å². The van der Waals surface area contributed by atoms with Gasteiger partial charge < -0.3 is 5.32 Å². The number of halogens is 1. The van der Waals surface area contributed by atoms with Gasteiger partial charge in [0.25, 0.3) is 0 Å². The van der Waals surface area contributed by atoms with Crippen LogP contribution in [0.3, 0.4) is 0 Å². The summed E-state index contributed by atoms with van der Waals surface area (Å²) in [4.78, 5) is 27.5. The molecule has 0 aliphatic carbocycles. The number of likely N-dealkylation sites (tertiary alicyclic amines) is 1. The standard InChI is InChI=1S/C20H20FN5OS/c21-16-5-1-3-14(11-16)18-19(23-7-6-22-18)15-4-2-9-26(12-15)13-17(27)25-20-24-8-10-28-20/h1,3,5-8,10-11,15H,2,4,9,12-13H2,(H,24,25,27)/t15-/m1/s1. The van der Waals surface area contributed by atoms with Crippen molar-refractivity contribution in [2.24, 2.45) is 0 Å². The minimum absolute atomic E-state index is 0.0694. The average Bonchev–Trinajstić information content (AvgIpc) is 3.21. The highest BCUT2D eigenvalue weighted by Crippen LogP contribution is 2.31. The Kier molecular flexibility index (Phi) is 5.68. The summed E-state index contributed by atoms with van der Waals surface area (Å²) in [7, 11) is 0. The number of carbonyl (C=O) groups is 1. The first kappa shape index (κ1) is 18.6. The second-order valence-corrected chi connectivity index (χ2v) is 7.65. The summed E-state index contributed by atoms with van der Waals surface area (Å²) in [5.74, 6) is -0.216. The number of hydrogen-bond acceptors (Lipinski definition) is 6. The molecule has 1 N–H and O–H groups in total. The molecule has 1 aliphatic heterocycles. The van der Waals surface area contributed by atoms with E-state index in [1.54, 1.807) is 24.7 Å². The SMILES string of the molecule is O=C(CN1CCC[C@@H](c2nccnc2-c2cccc(F)c2)C1)Nc1nccs1. The molecule has 0 bridgehead atoms. The molecule has 0 unspecified atom stereocenters. The van der Waals surface area contributed by atoms with Crippen molar-refractivity contribution in [3.8, 4) is 11.3 Å². The fraction of sp³-hybridized carbons (Fsp3) is 0.300. The molecule has 1 atom stereocenters. The van der Waals surface area contributed by atoms with E-state index >= 15 is 0 Å². The van der Waals surface area contributed by atoms with Gasteiger partial charge in [0, 0.05) is 42.0 Å². The van der Waals surface area contributed by atoms with Gasteiger partial charge in [-0.15, -0.1) is 11.3 Å². The van der Waals surface area contributed by atoms with E-state index in [1.165, 1.54) is 23.5 Å². The quantitative estimate of drug-likeness (QED) is 0.713. The van der Waals surface area contributed by atoms with E-state index in [-0.39, 0.29) is 17.6 Å². The molecular weight excluding hydrogens is 377 g/mol. The molecule has 3 aromatic rings. The zero-order valence-electron chi connectivity index (χ0n) is 15.2. The van der Waals surface area contributed by atoms with Crippen LogP contribution in [0, 0.1) is 5.82 Å². The highest BCUT2D eigenvalue weighted by molar-refractivity contribution is 7.13. The lowest BCUT2D eigenvalue weighted by Crippen LogP contribution is -2.40. The Hall–Kier alpha value is -2.71. The van der Waals surface area contributed by atoms with Crippen LogP contribution < -0.4 is 5.32 Å². The third-order valence-corrected chi connectivity index (χ3v) is 5.45. The molecule has 0 saturated carbocycles. The highest BCUT2D eigenvalue weighted by atomic mass is 32.1. The summed E-state index contributed by atoms with van der Waals surface area (Å²) in [6.45, 7) is 1.88. The monoisotopic (exact) mass is 397 g/mol. The van der Waals surface area contributed by atoms with Crippen LogP contribution in [0.1, 0.15) is 24.5 Å². The van der Waals surface area contributed by atoms with Crippen LogP contribution in [0.4, 0.5) is 9.52 Å². The van der Waals surface area contributed by atoms with Crippen molar-refractivity contribution < 1.29 is 9.18 Å². The van der Waals surface area contributed by atoms with Crippen LogP contribution >= 0.6 is 11.3 Å². The molecule has 3 heterocycles. The molecule has 28 heavy (non-hydrogen) atoms. The molecule has 1 amide bonds. The van der Waals surface area contributed by atoms with Crippen molar-refractivity contribution >= 4 is 22.4 Å². The number of amides is 1. The summed E-state index contributed by atoms with van der Waals surface area (Å²) in [5.41, 5.74) is 2.29. The first-order valence-electron chi connectivity index (χ1n) is 9.17. The third kappa shape index (κ3) is 4.40. The molecule has 1 fully saturated rings. The Balaban J connectivity index is 1.48. The largest absolute Gasteiger partial charge is 0.301 e. The van der Waals surface area contributed by atoms with E-state index in [0.29, 0.717) is 23.9 Å². The van der Waals surface area contributed by atoms with E-state index in [1.807, 2.05) is 11.4 Å². The Bertz CT molecular complexity index is 949. The maximum atomic E-state index is 13.7. The van der Waals surface area contributed by atoms with Crippen LogP contribution in [0.25, 0.3) is 11.3 Å². The van der Waals surface area contributed by atoms with E-state index < -0.39 is 0 Å². The number of nitrogens with zero attached hydrogens (tertiary/aromatic N) is 4. The molecule has 0 radical (unpaired) electrons. The molecule has 1 saturated heterocycles. The zero-order valence-corrected chi connectivity index (χ0v) is 16.0. The van der Waals surface area contributed by atoms with Gasteiger partial charge in [-0.2, -0.15) is 0 Å². The van der Waals surface area contributed by atoms with Gasteiger partial charge in [-0.3, -0.25) is 19.7 Å². The Morgan fingerprint density at radius 3 is 2.96 bits per heavy atom. The molecule has 0 spiro atoms. The summed E-state index contributed by atoms with van der Waals surface area (Å²) < 4.78 is 13.7. The van der Waals surface area contributed by atoms with Crippen molar-refractivity contribution in [1.29, 1.82) is 0 Å². The lowest BCUT2D eigenvalue weighted by atomic mass is 9.91. The Morgan fingerprint density at radius 1 is 1.25 bits per heavy atom. The van der Waals surface area contributed by atoms with Crippen LogP contribution in [0.15, 0.2) is 48.2 Å². The minimum Gasteiger partial charge on any atom is -0.301 e. The Morgan fingerprint density at radius 2 is 2.14 bits per heavy atom. The molecule has 144 valence electrons. The number of carbonyl (C=O) groups excluding carboxylic acids is 1. The number of thiazole rings is 1. The number of benzene rings is 1. The predicted molar refractivity (Wildman–Crippen MR) is 107 cm³/mol. The number of aromatic nitrogens is 3. The van der Waals surface area contributed by atoms with E-state index in [0.717, 1.165) is 30.6 Å². The lowest BCUT2D eigenvalue weighted by molar-refractivity contribution is -0.117. The van der Waals surface area contributed by atoms with Crippen LogP contribution in [0.5, 0.6) is 0 Å². The third-order valence-electron chi connectivity index (χ3n) is 4.76. The minimum atomic E-state index is -0.293. The summed E-state index contributed by atoms with van der Waals surface area (Å²) in [6.07, 6.45) is 6.90. The van der Waals surface area contributed by atoms with Gasteiger partial charge in [0.1, 0.15) is 5.82 Å².